The van der Waals surface area contributed by atoms with E-state index >= 15 is 0 Å². The van der Waals surface area contributed by atoms with Gasteiger partial charge in [0, 0.05) is 0 Å². The first-order valence-corrected chi connectivity index (χ1v) is 9.16. The lowest BCUT2D eigenvalue weighted by Gasteiger charge is -2.32. The molecule has 2 aliphatic carbocycles. The molecule has 2 aliphatic rings. The largest absolute Gasteiger partial charge is 0.482 e. The van der Waals surface area contributed by atoms with E-state index in [1.807, 2.05) is 12.1 Å². The molecule has 5 atom stereocenters. The molecule has 25 heavy (non-hydrogen) atoms. The first-order valence-electron chi connectivity index (χ1n) is 9.16. The van der Waals surface area contributed by atoms with Gasteiger partial charge in [0.15, 0.2) is 6.61 Å². The number of ether oxygens (including phenoxy) is 2. The van der Waals surface area contributed by atoms with Gasteiger partial charge >= 0.3 is 5.97 Å². The third kappa shape index (κ3) is 3.98. The number of carbonyl (C=O) groups excluding carboxylic acids is 1. The molecule has 1 aromatic rings. The number of rotatable bonds is 6. The molecule has 3 rings (SSSR count). The lowest BCUT2D eigenvalue weighted by molar-refractivity contribution is -0.142. The van der Waals surface area contributed by atoms with E-state index in [4.69, 9.17) is 4.74 Å². The number of hydrogen-bond donors (Lipinski definition) is 2. The topological polar surface area (TPSA) is 76.0 Å². The molecule has 0 unspecified atom stereocenters. The third-order valence-electron chi connectivity index (χ3n) is 5.84. The van der Waals surface area contributed by atoms with E-state index in [1.165, 1.54) is 12.7 Å². The fourth-order valence-electron chi connectivity index (χ4n) is 4.57. The molecule has 0 aromatic heterocycles. The molecule has 138 valence electrons. The van der Waals surface area contributed by atoms with Crippen molar-refractivity contribution in [2.45, 2.75) is 51.2 Å². The van der Waals surface area contributed by atoms with Crippen LogP contribution >= 0.6 is 0 Å². The standard InChI is InChI=1S/C20H28O5/c1-12(21)6-7-15-16-8-13-4-3-5-19(25-11-20(23)24-2)17(13)9-14(16)10-18(15)22/h3-5,12,14-16,18,21-22H,6-11H2,1-2H3/t12-,14-,15+,16-,18+/m0/s1. The van der Waals surface area contributed by atoms with E-state index in [9.17, 15) is 15.0 Å². The highest BCUT2D eigenvalue weighted by atomic mass is 16.6. The smallest absolute Gasteiger partial charge is 0.343 e. The molecule has 1 saturated carbocycles. The third-order valence-corrected chi connectivity index (χ3v) is 5.84. The van der Waals surface area contributed by atoms with Crippen LogP contribution in [0.15, 0.2) is 18.2 Å². The van der Waals surface area contributed by atoms with Crippen molar-refractivity contribution in [2.24, 2.45) is 17.8 Å². The van der Waals surface area contributed by atoms with Crippen LogP contribution in [0, 0.1) is 17.8 Å². The van der Waals surface area contributed by atoms with Crippen LogP contribution < -0.4 is 4.74 Å². The SMILES string of the molecule is COC(=O)COc1cccc2c1C[C@H]1C[C@@H](O)[C@H](CC[C@H](C)O)[C@H]1C2. The van der Waals surface area contributed by atoms with Gasteiger partial charge in [-0.15, -0.1) is 0 Å². The summed E-state index contributed by atoms with van der Waals surface area (Å²) in [5.74, 6) is 1.51. The summed E-state index contributed by atoms with van der Waals surface area (Å²) < 4.78 is 10.3. The highest BCUT2D eigenvalue weighted by Gasteiger charge is 2.44. The first-order chi connectivity index (χ1) is 12.0. The van der Waals surface area contributed by atoms with Crippen molar-refractivity contribution in [2.75, 3.05) is 13.7 Å². The Balaban J connectivity index is 1.74. The van der Waals surface area contributed by atoms with Gasteiger partial charge in [0.2, 0.25) is 0 Å². The van der Waals surface area contributed by atoms with Gasteiger partial charge in [0.1, 0.15) is 5.75 Å². The second-order valence-electron chi connectivity index (χ2n) is 7.48. The van der Waals surface area contributed by atoms with Crippen molar-refractivity contribution in [3.05, 3.63) is 29.3 Å². The summed E-state index contributed by atoms with van der Waals surface area (Å²) in [6, 6.07) is 5.98. The number of fused-ring (bicyclic) bond motifs is 2. The molecule has 5 heteroatoms. The Morgan fingerprint density at radius 3 is 2.88 bits per heavy atom. The van der Waals surface area contributed by atoms with Gasteiger partial charge in [-0.25, -0.2) is 4.79 Å². The Labute approximate surface area is 149 Å². The second-order valence-corrected chi connectivity index (χ2v) is 7.48. The fraction of sp³-hybridized carbons (Fsp3) is 0.650. The minimum absolute atomic E-state index is 0.0827. The van der Waals surface area contributed by atoms with E-state index in [1.54, 1.807) is 6.92 Å². The van der Waals surface area contributed by atoms with Gasteiger partial charge in [-0.3, -0.25) is 0 Å². The predicted octanol–water partition coefficient (Wildman–Crippen LogP) is 2.11. The number of benzene rings is 1. The zero-order valence-corrected chi connectivity index (χ0v) is 15.0. The molecular weight excluding hydrogens is 320 g/mol. The quantitative estimate of drug-likeness (QED) is 0.770. The maximum atomic E-state index is 11.3. The van der Waals surface area contributed by atoms with Crippen LogP contribution in [0.4, 0.5) is 0 Å². The van der Waals surface area contributed by atoms with Gasteiger partial charge < -0.3 is 19.7 Å². The summed E-state index contributed by atoms with van der Waals surface area (Å²) in [7, 11) is 1.35. The summed E-state index contributed by atoms with van der Waals surface area (Å²) in [5.41, 5.74) is 2.41. The molecule has 0 aliphatic heterocycles. The monoisotopic (exact) mass is 348 g/mol. The zero-order chi connectivity index (χ0) is 18.0. The van der Waals surface area contributed by atoms with Crippen LogP contribution in [0.1, 0.15) is 37.3 Å². The van der Waals surface area contributed by atoms with E-state index in [0.29, 0.717) is 11.8 Å². The zero-order valence-electron chi connectivity index (χ0n) is 15.0. The Morgan fingerprint density at radius 1 is 1.36 bits per heavy atom. The minimum atomic E-state index is -0.388. The first kappa shape index (κ1) is 18.2. The van der Waals surface area contributed by atoms with Crippen molar-refractivity contribution in [1.29, 1.82) is 0 Å². The Morgan fingerprint density at radius 2 is 2.16 bits per heavy atom. The summed E-state index contributed by atoms with van der Waals surface area (Å²) in [5, 5.41) is 20.1. The van der Waals surface area contributed by atoms with Crippen LogP contribution in [-0.4, -0.2) is 42.1 Å². The van der Waals surface area contributed by atoms with Crippen LogP contribution in [0.2, 0.25) is 0 Å². The summed E-state index contributed by atoms with van der Waals surface area (Å²) >= 11 is 0. The van der Waals surface area contributed by atoms with Crippen molar-refractivity contribution < 1.29 is 24.5 Å². The summed E-state index contributed by atoms with van der Waals surface area (Å²) in [4.78, 5) is 11.3. The van der Waals surface area contributed by atoms with Gasteiger partial charge in [0.05, 0.1) is 19.3 Å². The minimum Gasteiger partial charge on any atom is -0.482 e. The van der Waals surface area contributed by atoms with Crippen LogP contribution in [0.25, 0.3) is 0 Å². The van der Waals surface area contributed by atoms with Crippen molar-refractivity contribution in [3.8, 4) is 5.75 Å². The fourth-order valence-corrected chi connectivity index (χ4v) is 4.57. The van der Waals surface area contributed by atoms with Gasteiger partial charge in [0.25, 0.3) is 0 Å². The van der Waals surface area contributed by atoms with Crippen LogP contribution in [0.3, 0.4) is 0 Å². The average molecular weight is 348 g/mol. The van der Waals surface area contributed by atoms with Crippen molar-refractivity contribution >= 4 is 5.97 Å². The lowest BCUT2D eigenvalue weighted by Crippen LogP contribution is -2.28. The maximum Gasteiger partial charge on any atom is 0.343 e. The highest BCUT2D eigenvalue weighted by molar-refractivity contribution is 5.71. The van der Waals surface area contributed by atoms with Gasteiger partial charge in [-0.2, -0.15) is 0 Å². The molecule has 0 amide bonds. The predicted molar refractivity (Wildman–Crippen MR) is 93.4 cm³/mol. The summed E-state index contributed by atoms with van der Waals surface area (Å²) in [6.07, 6.45) is 3.60. The van der Waals surface area contributed by atoms with Crippen molar-refractivity contribution in [3.63, 3.8) is 0 Å². The number of esters is 1. The molecule has 0 bridgehead atoms. The number of methoxy groups -OCH3 is 1. The highest BCUT2D eigenvalue weighted by Crippen LogP contribution is 2.48. The van der Waals surface area contributed by atoms with Crippen molar-refractivity contribution in [1.82, 2.24) is 0 Å². The van der Waals surface area contributed by atoms with Gasteiger partial charge in [-0.05, 0) is 74.0 Å². The molecule has 2 N–H and O–H groups in total. The normalized spacial score (nSPS) is 28.8. The number of hydrogen-bond acceptors (Lipinski definition) is 5. The molecule has 0 heterocycles. The molecule has 5 nitrogen and oxygen atoms in total. The molecule has 0 saturated heterocycles. The van der Waals surface area contributed by atoms with E-state index < -0.39 is 0 Å². The van der Waals surface area contributed by atoms with E-state index in [2.05, 4.69) is 10.8 Å². The molecule has 0 spiro atoms. The molecule has 1 fully saturated rings. The van der Waals surface area contributed by atoms with Gasteiger partial charge in [-0.1, -0.05) is 12.1 Å². The molecule has 1 aromatic carbocycles. The second kappa shape index (κ2) is 7.75. The van der Waals surface area contributed by atoms with E-state index in [-0.39, 0.29) is 30.7 Å². The Kier molecular flexibility index (Phi) is 5.64. The summed E-state index contributed by atoms with van der Waals surface area (Å²) in [6.45, 7) is 1.72. The Hall–Kier alpha value is -1.59. The Bertz CT molecular complexity index is 612. The number of aliphatic hydroxyl groups excluding tert-OH is 2. The van der Waals surface area contributed by atoms with E-state index in [0.717, 1.165) is 43.4 Å². The average Bonchev–Trinajstić information content (AvgIpc) is 2.89. The van der Waals surface area contributed by atoms with Crippen LogP contribution in [0.5, 0.6) is 5.75 Å². The molecular formula is C20H28O5. The maximum absolute atomic E-state index is 11.3. The lowest BCUT2D eigenvalue weighted by atomic mass is 9.73. The number of carbonyl (C=O) groups is 1. The number of aliphatic hydroxyl groups is 2. The van der Waals surface area contributed by atoms with Crippen LogP contribution in [-0.2, 0) is 22.4 Å². The molecule has 0 radical (unpaired) electrons.